The number of nitrogens with one attached hydrogen (secondary N) is 2. The lowest BCUT2D eigenvalue weighted by atomic mass is 9.75. The van der Waals surface area contributed by atoms with Gasteiger partial charge in [-0.2, -0.15) is 9.50 Å². The molecule has 8 nitrogen and oxygen atoms in total. The normalized spacial score (nSPS) is 15.7. The molecule has 0 bridgehead atoms. The first kappa shape index (κ1) is 17.4. The quantitative estimate of drug-likeness (QED) is 0.710. The Balaban J connectivity index is 1.59. The number of rotatable bonds is 5. The van der Waals surface area contributed by atoms with Crippen molar-refractivity contribution < 1.29 is 4.79 Å². The number of likely N-dealkylation sites (N-methyl/N-ethyl adjacent to an activating group) is 1. The van der Waals surface area contributed by atoms with E-state index in [1.807, 2.05) is 44.4 Å². The summed E-state index contributed by atoms with van der Waals surface area (Å²) < 4.78 is 1.19. The van der Waals surface area contributed by atoms with Crippen LogP contribution >= 0.6 is 0 Å². The number of amides is 1. The van der Waals surface area contributed by atoms with Crippen molar-refractivity contribution in [1.82, 2.24) is 29.8 Å². The molecule has 1 aliphatic rings. The molecule has 0 aliphatic heterocycles. The van der Waals surface area contributed by atoms with Crippen LogP contribution in [0.4, 0.5) is 0 Å². The molecular formula is C19H22N6O2. The summed E-state index contributed by atoms with van der Waals surface area (Å²) in [5.41, 5.74) is 1.05. The van der Waals surface area contributed by atoms with Crippen molar-refractivity contribution in [2.45, 2.75) is 24.8 Å². The average Bonchev–Trinajstić information content (AvgIpc) is 3.06. The van der Waals surface area contributed by atoms with Gasteiger partial charge < -0.3 is 10.2 Å². The summed E-state index contributed by atoms with van der Waals surface area (Å²) in [6.45, 7) is 0.549. The zero-order chi connectivity index (χ0) is 19.0. The Morgan fingerprint density at radius 2 is 2.00 bits per heavy atom. The molecule has 140 valence electrons. The SMILES string of the molecule is CN(C)C1(CNC(=O)c2nc3nc(-c4ccccc4)cc(=O)n3[nH]2)CCC1. The van der Waals surface area contributed by atoms with Crippen LogP contribution in [-0.2, 0) is 0 Å². The molecule has 8 heteroatoms. The van der Waals surface area contributed by atoms with Crippen molar-refractivity contribution in [3.05, 3.63) is 52.6 Å². The number of hydrogen-bond acceptors (Lipinski definition) is 5. The van der Waals surface area contributed by atoms with Crippen LogP contribution in [-0.4, -0.2) is 56.6 Å². The summed E-state index contributed by atoms with van der Waals surface area (Å²) in [4.78, 5) is 35.7. The number of H-pyrrole nitrogens is 1. The fraction of sp³-hybridized carbons (Fsp3) is 0.368. The maximum Gasteiger partial charge on any atom is 0.288 e. The Morgan fingerprint density at radius 3 is 2.63 bits per heavy atom. The molecule has 1 saturated carbocycles. The minimum Gasteiger partial charge on any atom is -0.347 e. The number of benzene rings is 1. The van der Waals surface area contributed by atoms with Crippen LogP contribution in [0.3, 0.4) is 0 Å². The van der Waals surface area contributed by atoms with Crippen molar-refractivity contribution in [2.75, 3.05) is 20.6 Å². The molecule has 0 radical (unpaired) electrons. The number of aromatic nitrogens is 4. The molecule has 2 aromatic heterocycles. The van der Waals surface area contributed by atoms with Crippen LogP contribution < -0.4 is 10.9 Å². The minimum atomic E-state index is -0.339. The van der Waals surface area contributed by atoms with E-state index in [1.165, 1.54) is 17.0 Å². The molecule has 3 aromatic rings. The van der Waals surface area contributed by atoms with E-state index in [0.29, 0.717) is 12.2 Å². The van der Waals surface area contributed by atoms with Crippen molar-refractivity contribution in [1.29, 1.82) is 0 Å². The van der Waals surface area contributed by atoms with E-state index in [0.717, 1.165) is 18.4 Å². The molecule has 1 aromatic carbocycles. The number of fused-ring (bicyclic) bond motifs is 1. The van der Waals surface area contributed by atoms with E-state index >= 15 is 0 Å². The molecule has 0 atom stereocenters. The van der Waals surface area contributed by atoms with E-state index in [9.17, 15) is 9.59 Å². The van der Waals surface area contributed by atoms with E-state index in [4.69, 9.17) is 0 Å². The Bertz CT molecular complexity index is 1030. The number of carbonyl (C=O) groups excluding carboxylic acids is 1. The first-order chi connectivity index (χ1) is 13.0. The van der Waals surface area contributed by atoms with Gasteiger partial charge >= 0.3 is 0 Å². The second-order valence-electron chi connectivity index (χ2n) is 7.21. The van der Waals surface area contributed by atoms with Crippen molar-refractivity contribution in [2.24, 2.45) is 0 Å². The third-order valence-electron chi connectivity index (χ3n) is 5.43. The Kier molecular flexibility index (Phi) is 4.27. The lowest BCUT2D eigenvalue weighted by Crippen LogP contribution is -2.57. The fourth-order valence-electron chi connectivity index (χ4n) is 3.43. The fourth-order valence-corrected chi connectivity index (χ4v) is 3.43. The third-order valence-corrected chi connectivity index (χ3v) is 5.43. The van der Waals surface area contributed by atoms with Crippen LogP contribution in [0, 0.1) is 0 Å². The Morgan fingerprint density at radius 1 is 1.26 bits per heavy atom. The summed E-state index contributed by atoms with van der Waals surface area (Å²) in [6, 6.07) is 10.8. The van der Waals surface area contributed by atoms with Crippen LogP contribution in [0.1, 0.15) is 29.9 Å². The monoisotopic (exact) mass is 366 g/mol. The summed E-state index contributed by atoms with van der Waals surface area (Å²) in [7, 11) is 4.06. The van der Waals surface area contributed by atoms with Gasteiger partial charge in [-0.3, -0.25) is 14.7 Å². The van der Waals surface area contributed by atoms with Crippen LogP contribution in [0.15, 0.2) is 41.2 Å². The highest BCUT2D eigenvalue weighted by molar-refractivity contribution is 5.90. The second-order valence-corrected chi connectivity index (χ2v) is 7.21. The predicted molar refractivity (Wildman–Crippen MR) is 102 cm³/mol. The van der Waals surface area contributed by atoms with Crippen LogP contribution in [0.25, 0.3) is 17.0 Å². The molecule has 2 heterocycles. The third kappa shape index (κ3) is 3.12. The van der Waals surface area contributed by atoms with E-state index in [1.54, 1.807) is 0 Å². The van der Waals surface area contributed by atoms with Gasteiger partial charge in [0, 0.05) is 23.7 Å². The summed E-state index contributed by atoms with van der Waals surface area (Å²) in [6.07, 6.45) is 3.28. The van der Waals surface area contributed by atoms with Gasteiger partial charge in [-0.15, -0.1) is 0 Å². The number of carbonyl (C=O) groups is 1. The lowest BCUT2D eigenvalue weighted by Gasteiger charge is -2.47. The van der Waals surface area contributed by atoms with E-state index in [-0.39, 0.29) is 28.6 Å². The maximum absolute atomic E-state index is 12.5. The summed E-state index contributed by atoms with van der Waals surface area (Å²) in [5.74, 6) is -0.0789. The molecule has 1 fully saturated rings. The molecule has 0 spiro atoms. The molecule has 0 unspecified atom stereocenters. The Labute approximate surface area is 156 Å². The highest BCUT2D eigenvalue weighted by Crippen LogP contribution is 2.35. The van der Waals surface area contributed by atoms with Gasteiger partial charge in [0.2, 0.25) is 5.82 Å². The highest BCUT2D eigenvalue weighted by atomic mass is 16.2. The Hall–Kier alpha value is -3.00. The standard InChI is InChI=1S/C19H22N6O2/c1-24(2)19(9-6-10-19)12-20-17(27)16-22-18-21-14(11-15(26)25(18)23-16)13-7-4-3-5-8-13/h3-5,7-8,11H,6,9-10,12H2,1-2H3,(H,20,27)(H,21,22,23). The molecule has 27 heavy (non-hydrogen) atoms. The van der Waals surface area contributed by atoms with Gasteiger partial charge in [0.25, 0.3) is 17.2 Å². The van der Waals surface area contributed by atoms with E-state index in [2.05, 4.69) is 25.3 Å². The van der Waals surface area contributed by atoms with Gasteiger partial charge in [-0.05, 0) is 33.4 Å². The minimum absolute atomic E-state index is 0.0112. The summed E-state index contributed by atoms with van der Waals surface area (Å²) >= 11 is 0. The number of aromatic amines is 1. The summed E-state index contributed by atoms with van der Waals surface area (Å²) in [5, 5.41) is 5.68. The molecule has 1 aliphatic carbocycles. The van der Waals surface area contributed by atoms with Gasteiger partial charge in [-0.25, -0.2) is 4.98 Å². The zero-order valence-electron chi connectivity index (χ0n) is 15.4. The highest BCUT2D eigenvalue weighted by Gasteiger charge is 2.39. The topological polar surface area (TPSA) is 95.4 Å². The van der Waals surface area contributed by atoms with Gasteiger partial charge in [0.1, 0.15) is 0 Å². The number of hydrogen-bond donors (Lipinski definition) is 2. The van der Waals surface area contributed by atoms with Gasteiger partial charge in [0.05, 0.1) is 5.69 Å². The van der Waals surface area contributed by atoms with Crippen LogP contribution in [0.5, 0.6) is 0 Å². The smallest absolute Gasteiger partial charge is 0.288 e. The molecular weight excluding hydrogens is 344 g/mol. The number of nitrogens with zero attached hydrogens (tertiary/aromatic N) is 4. The predicted octanol–water partition coefficient (Wildman–Crippen LogP) is 1.30. The van der Waals surface area contributed by atoms with Crippen molar-refractivity contribution >= 4 is 11.7 Å². The average molecular weight is 366 g/mol. The molecule has 2 N–H and O–H groups in total. The lowest BCUT2D eigenvalue weighted by molar-refractivity contribution is 0.0554. The first-order valence-electron chi connectivity index (χ1n) is 8.99. The van der Waals surface area contributed by atoms with Crippen molar-refractivity contribution in [3.63, 3.8) is 0 Å². The second kappa shape index (κ2) is 6.62. The first-order valence-corrected chi connectivity index (χ1v) is 8.99. The maximum atomic E-state index is 12.5. The molecule has 0 saturated heterocycles. The molecule has 4 rings (SSSR count). The molecule has 1 amide bonds. The largest absolute Gasteiger partial charge is 0.347 e. The van der Waals surface area contributed by atoms with Gasteiger partial charge in [-0.1, -0.05) is 30.3 Å². The van der Waals surface area contributed by atoms with Crippen molar-refractivity contribution in [3.8, 4) is 11.3 Å². The van der Waals surface area contributed by atoms with E-state index < -0.39 is 0 Å². The van der Waals surface area contributed by atoms with Gasteiger partial charge in [0.15, 0.2) is 0 Å². The zero-order valence-corrected chi connectivity index (χ0v) is 15.4. The van der Waals surface area contributed by atoms with Crippen LogP contribution in [0.2, 0.25) is 0 Å².